The van der Waals surface area contributed by atoms with E-state index in [4.69, 9.17) is 16.0 Å². The maximum atomic E-state index is 12.5. The average molecular weight is 391 g/mol. The van der Waals surface area contributed by atoms with E-state index in [1.54, 1.807) is 31.2 Å². The van der Waals surface area contributed by atoms with Gasteiger partial charge in [0.25, 0.3) is 0 Å². The number of hydrogen-bond donors (Lipinski definition) is 4. The van der Waals surface area contributed by atoms with Gasteiger partial charge in [0, 0.05) is 5.56 Å². The molecule has 1 amide bonds. The molecule has 144 valence electrons. The molecule has 0 aliphatic carbocycles. The Balaban J connectivity index is 2.46. The topological polar surface area (TPSA) is 137 Å². The van der Waals surface area contributed by atoms with E-state index in [-0.39, 0.29) is 30.8 Å². The van der Waals surface area contributed by atoms with Crippen LogP contribution in [0.2, 0.25) is 0 Å². The summed E-state index contributed by atoms with van der Waals surface area (Å²) in [6.07, 6.45) is 0.175. The number of carbonyl (C=O) groups excluding carboxylic acids is 1. The fourth-order valence-electron chi connectivity index (χ4n) is 2.85. The number of amides is 1. The van der Waals surface area contributed by atoms with Crippen LogP contribution in [0.4, 0.5) is 0 Å². The lowest BCUT2D eigenvalue weighted by Gasteiger charge is -2.40. The first-order chi connectivity index (χ1) is 12.8. The predicted molar refractivity (Wildman–Crippen MR) is 101 cm³/mol. The zero-order valence-electron chi connectivity index (χ0n) is 14.8. The highest BCUT2D eigenvalue weighted by molar-refractivity contribution is 7.53. The zero-order chi connectivity index (χ0) is 20.1. The summed E-state index contributed by atoms with van der Waals surface area (Å²) in [7, 11) is -4.88. The molecule has 0 aromatic heterocycles. The molecule has 0 spiro atoms. The number of carbonyl (C=O) groups is 1. The van der Waals surface area contributed by atoms with Gasteiger partial charge >= 0.3 is 7.60 Å². The predicted octanol–water partition coefficient (Wildman–Crippen LogP) is 2.30. The second-order valence-electron chi connectivity index (χ2n) is 5.90. The Morgan fingerprint density at radius 3 is 2.26 bits per heavy atom. The van der Waals surface area contributed by atoms with Crippen molar-refractivity contribution in [1.29, 1.82) is 5.41 Å². The number of benzene rings is 2. The minimum atomic E-state index is -4.88. The van der Waals surface area contributed by atoms with E-state index in [1.165, 1.54) is 24.3 Å². The molecule has 2 aromatic rings. The summed E-state index contributed by atoms with van der Waals surface area (Å²) in [5.41, 5.74) is 6.75. The van der Waals surface area contributed by atoms with E-state index in [9.17, 15) is 19.1 Å². The molecule has 5 N–H and O–H groups in total. The Labute approximate surface area is 157 Å². The second-order valence-corrected chi connectivity index (χ2v) is 7.72. The third kappa shape index (κ3) is 4.26. The van der Waals surface area contributed by atoms with Crippen LogP contribution in [0.25, 0.3) is 0 Å². The van der Waals surface area contributed by atoms with Gasteiger partial charge in [-0.15, -0.1) is 0 Å². The number of rotatable bonds is 9. The Morgan fingerprint density at radius 2 is 1.81 bits per heavy atom. The maximum Gasteiger partial charge on any atom is 0.358 e. The van der Waals surface area contributed by atoms with Gasteiger partial charge in [0.05, 0.1) is 0 Å². The molecule has 9 heteroatoms. The third-order valence-electron chi connectivity index (χ3n) is 4.31. The van der Waals surface area contributed by atoms with Gasteiger partial charge in [-0.1, -0.05) is 61.5 Å². The lowest BCUT2D eigenvalue weighted by atomic mass is 10.0. The summed E-state index contributed by atoms with van der Waals surface area (Å²) in [5, 5.41) is 6.13. The highest BCUT2D eigenvalue weighted by Crippen LogP contribution is 2.60. The van der Waals surface area contributed by atoms with Crippen molar-refractivity contribution < 1.29 is 24.0 Å². The first-order valence-electron chi connectivity index (χ1n) is 8.18. The normalized spacial score (nSPS) is 13.6. The van der Waals surface area contributed by atoms with Crippen LogP contribution in [-0.2, 0) is 26.1 Å². The highest BCUT2D eigenvalue weighted by Gasteiger charge is 2.53. The first kappa shape index (κ1) is 20.8. The van der Waals surface area contributed by atoms with E-state index < -0.39 is 12.9 Å². The summed E-state index contributed by atoms with van der Waals surface area (Å²) >= 11 is 0. The molecule has 0 heterocycles. The van der Waals surface area contributed by atoms with Gasteiger partial charge < -0.3 is 15.5 Å². The van der Waals surface area contributed by atoms with Gasteiger partial charge in [-0.2, -0.15) is 0 Å². The average Bonchev–Trinajstić information content (AvgIpc) is 2.65. The fourth-order valence-corrected chi connectivity index (χ4v) is 4.11. The zero-order valence-corrected chi connectivity index (χ0v) is 15.7. The standard InChI is InChI=1S/C18H22N3O5P/c1-2-18(27(23,24)25,16-10-8-15(9-11-16)17(19)20)21(13-22)26-12-14-6-4-3-5-7-14/h3-11,13H,2,12H2,1H3,(H3,19,20)(H2,23,24,25). The summed E-state index contributed by atoms with van der Waals surface area (Å²) < 4.78 is 12.5. The summed E-state index contributed by atoms with van der Waals surface area (Å²) in [6.45, 7) is 1.52. The first-order valence-corrected chi connectivity index (χ1v) is 9.79. The Bertz CT molecular complexity index is 838. The minimum absolute atomic E-state index is 0.0349. The molecule has 1 atom stereocenters. The summed E-state index contributed by atoms with van der Waals surface area (Å²) in [4.78, 5) is 37.5. The molecule has 8 nitrogen and oxygen atoms in total. The summed E-state index contributed by atoms with van der Waals surface area (Å²) in [5.74, 6) is -0.174. The van der Waals surface area contributed by atoms with Crippen LogP contribution >= 0.6 is 7.60 Å². The monoisotopic (exact) mass is 391 g/mol. The molecule has 0 aliphatic heterocycles. The van der Waals surface area contributed by atoms with Crippen molar-refractivity contribution in [2.24, 2.45) is 5.73 Å². The van der Waals surface area contributed by atoms with Crippen molar-refractivity contribution in [3.8, 4) is 0 Å². The van der Waals surface area contributed by atoms with E-state index in [1.807, 2.05) is 6.07 Å². The number of nitrogens with zero attached hydrogens (tertiary/aromatic N) is 1. The molecule has 2 aromatic carbocycles. The SMILES string of the molecule is CCC(c1ccc(C(=N)N)cc1)(N(C=O)OCc1ccccc1)P(=O)(O)O. The lowest BCUT2D eigenvalue weighted by Crippen LogP contribution is -2.44. The van der Waals surface area contributed by atoms with Crippen LogP contribution in [-0.4, -0.2) is 27.1 Å². The number of nitrogens with one attached hydrogen (secondary N) is 1. The Hall–Kier alpha value is -2.51. The van der Waals surface area contributed by atoms with Gasteiger partial charge in [0.1, 0.15) is 12.4 Å². The molecular formula is C18H22N3O5P. The Morgan fingerprint density at radius 1 is 1.22 bits per heavy atom. The van der Waals surface area contributed by atoms with Crippen LogP contribution in [0.1, 0.15) is 30.0 Å². The van der Waals surface area contributed by atoms with Crippen LogP contribution < -0.4 is 5.73 Å². The van der Waals surface area contributed by atoms with Crippen molar-refractivity contribution in [2.45, 2.75) is 25.2 Å². The van der Waals surface area contributed by atoms with Crippen LogP contribution in [0.3, 0.4) is 0 Å². The molecule has 0 radical (unpaired) electrons. The molecule has 0 fully saturated rings. The lowest BCUT2D eigenvalue weighted by molar-refractivity contribution is -0.206. The molecule has 1 unspecified atom stereocenters. The van der Waals surface area contributed by atoms with Crippen LogP contribution in [0.15, 0.2) is 54.6 Å². The molecule has 0 saturated carbocycles. The van der Waals surface area contributed by atoms with Gasteiger partial charge in [-0.3, -0.25) is 19.6 Å². The van der Waals surface area contributed by atoms with Crippen molar-refractivity contribution >= 4 is 19.8 Å². The fraction of sp³-hybridized carbons (Fsp3) is 0.222. The molecule has 0 bridgehead atoms. The van der Waals surface area contributed by atoms with Crippen LogP contribution in [0, 0.1) is 5.41 Å². The number of amidine groups is 1. The van der Waals surface area contributed by atoms with E-state index in [0.29, 0.717) is 10.6 Å². The smallest absolute Gasteiger partial charge is 0.358 e. The summed E-state index contributed by atoms with van der Waals surface area (Å²) in [6, 6.07) is 14.8. The molecule has 27 heavy (non-hydrogen) atoms. The quantitative estimate of drug-likeness (QED) is 0.170. The number of nitrogen functional groups attached to an aromatic ring is 1. The van der Waals surface area contributed by atoms with Crippen LogP contribution in [0.5, 0.6) is 0 Å². The number of hydroxylamine groups is 2. The highest BCUT2D eigenvalue weighted by atomic mass is 31.2. The third-order valence-corrected chi connectivity index (χ3v) is 6.04. The maximum absolute atomic E-state index is 12.5. The van der Waals surface area contributed by atoms with Crippen molar-refractivity contribution in [3.05, 3.63) is 71.3 Å². The van der Waals surface area contributed by atoms with E-state index in [2.05, 4.69) is 0 Å². The largest absolute Gasteiger partial charge is 0.384 e. The van der Waals surface area contributed by atoms with Crippen molar-refractivity contribution in [3.63, 3.8) is 0 Å². The number of hydrogen-bond acceptors (Lipinski definition) is 4. The van der Waals surface area contributed by atoms with Gasteiger partial charge in [0.2, 0.25) is 6.41 Å². The number of nitrogens with two attached hydrogens (primary N) is 1. The second kappa shape index (κ2) is 8.45. The van der Waals surface area contributed by atoms with Gasteiger partial charge in [-0.25, -0.2) is 5.06 Å². The van der Waals surface area contributed by atoms with E-state index >= 15 is 0 Å². The van der Waals surface area contributed by atoms with Gasteiger partial charge in [0.15, 0.2) is 5.28 Å². The van der Waals surface area contributed by atoms with E-state index in [0.717, 1.165) is 5.56 Å². The molecule has 0 saturated heterocycles. The molecular weight excluding hydrogens is 369 g/mol. The molecule has 0 aliphatic rings. The molecule has 2 rings (SSSR count). The van der Waals surface area contributed by atoms with Crippen molar-refractivity contribution in [1.82, 2.24) is 5.06 Å². The minimum Gasteiger partial charge on any atom is -0.384 e. The van der Waals surface area contributed by atoms with Gasteiger partial charge in [-0.05, 0) is 17.5 Å². The Kier molecular flexibility index (Phi) is 6.51. The van der Waals surface area contributed by atoms with Crippen molar-refractivity contribution in [2.75, 3.05) is 0 Å².